The number of likely N-dealkylation sites (tertiary alicyclic amines) is 1. The fraction of sp³-hybridized carbons (Fsp3) is 0.469. The highest BCUT2D eigenvalue weighted by Gasteiger charge is 2.48. The van der Waals surface area contributed by atoms with E-state index in [-0.39, 0.29) is 35.5 Å². The third kappa shape index (κ3) is 6.40. The zero-order valence-corrected chi connectivity index (χ0v) is 33.7. The second-order valence-electron chi connectivity index (χ2n) is 18.9. The van der Waals surface area contributed by atoms with E-state index >= 15 is 0 Å². The molecule has 2 spiro atoms. The fourth-order valence-corrected chi connectivity index (χ4v) is 12.1. The van der Waals surface area contributed by atoms with E-state index in [1.165, 1.54) is 60.0 Å². The SMILES string of the molecule is O=C1CCC(N2Cc3cc4c(cc3C2=O)OCC42CCN(CC3CCC4(CC3)CN(c3ccc(C5c6ccc(O)cc6CCC5c5ccccc5)cn3)C4)CC2)C(=O)N1. The molecule has 1 aromatic heterocycles. The number of rotatable bonds is 6. The van der Waals surface area contributed by atoms with Gasteiger partial charge in [0.2, 0.25) is 11.8 Å². The molecule has 2 N–H and O–H groups in total. The molecular weight excluding hydrogens is 739 g/mol. The first kappa shape index (κ1) is 36.8. The number of fused-ring (bicyclic) bond motifs is 4. The summed E-state index contributed by atoms with van der Waals surface area (Å²) in [5.41, 5.74) is 8.37. The van der Waals surface area contributed by atoms with Gasteiger partial charge in [-0.2, -0.15) is 0 Å². The first-order valence-corrected chi connectivity index (χ1v) is 22.0. The van der Waals surface area contributed by atoms with Crippen molar-refractivity contribution in [2.24, 2.45) is 11.3 Å². The normalized spacial score (nSPS) is 26.0. The molecular formula is C49H53N5O5. The number of hydrogen-bond acceptors (Lipinski definition) is 8. The molecule has 11 rings (SSSR count). The van der Waals surface area contributed by atoms with Gasteiger partial charge in [-0.3, -0.25) is 19.7 Å². The van der Waals surface area contributed by atoms with E-state index in [0.29, 0.717) is 42.2 Å². The molecule has 304 valence electrons. The molecule has 4 fully saturated rings. The number of benzene rings is 3. The van der Waals surface area contributed by atoms with Crippen LogP contribution < -0.4 is 15.0 Å². The number of pyridine rings is 1. The Bertz CT molecular complexity index is 2300. The van der Waals surface area contributed by atoms with Crippen LogP contribution in [0.1, 0.15) is 113 Å². The summed E-state index contributed by atoms with van der Waals surface area (Å²) in [6, 6.07) is 24.8. The van der Waals surface area contributed by atoms with Crippen LogP contribution >= 0.6 is 0 Å². The molecule has 0 radical (unpaired) electrons. The van der Waals surface area contributed by atoms with Crippen LogP contribution in [0.3, 0.4) is 0 Å². The predicted molar refractivity (Wildman–Crippen MR) is 224 cm³/mol. The molecule has 1 saturated carbocycles. The first-order valence-electron chi connectivity index (χ1n) is 22.0. The number of imide groups is 1. The van der Waals surface area contributed by atoms with Crippen LogP contribution in [0.15, 0.2) is 79.0 Å². The van der Waals surface area contributed by atoms with Gasteiger partial charge in [-0.15, -0.1) is 0 Å². The maximum Gasteiger partial charge on any atom is 0.255 e. The lowest BCUT2D eigenvalue weighted by atomic mass is 9.65. The van der Waals surface area contributed by atoms with Crippen molar-refractivity contribution in [2.45, 2.75) is 94.0 Å². The topological polar surface area (TPSA) is 115 Å². The lowest BCUT2D eigenvalue weighted by Gasteiger charge is -2.54. The van der Waals surface area contributed by atoms with Gasteiger partial charge in [0.05, 0.1) is 6.61 Å². The maximum atomic E-state index is 13.4. The molecule has 2 aliphatic carbocycles. The molecule has 10 heteroatoms. The van der Waals surface area contributed by atoms with E-state index in [4.69, 9.17) is 9.72 Å². The van der Waals surface area contributed by atoms with Crippen LogP contribution in [0.5, 0.6) is 11.5 Å². The number of ether oxygens (including phenoxy) is 1. The summed E-state index contributed by atoms with van der Waals surface area (Å²) < 4.78 is 6.29. The minimum Gasteiger partial charge on any atom is -0.508 e. The van der Waals surface area contributed by atoms with E-state index in [1.54, 1.807) is 4.90 Å². The van der Waals surface area contributed by atoms with Crippen molar-refractivity contribution in [1.29, 1.82) is 0 Å². The number of anilines is 1. The highest BCUT2D eigenvalue weighted by Crippen LogP contribution is 2.51. The maximum absolute atomic E-state index is 13.4. The van der Waals surface area contributed by atoms with Gasteiger partial charge < -0.3 is 24.5 Å². The van der Waals surface area contributed by atoms with Gasteiger partial charge in [-0.1, -0.05) is 42.5 Å². The van der Waals surface area contributed by atoms with E-state index in [0.717, 1.165) is 74.9 Å². The molecule has 7 aliphatic rings. The van der Waals surface area contributed by atoms with Crippen LogP contribution in [0, 0.1) is 11.3 Å². The molecule has 3 amide bonds. The Morgan fingerprint density at radius 2 is 1.64 bits per heavy atom. The van der Waals surface area contributed by atoms with Crippen molar-refractivity contribution in [3.8, 4) is 11.5 Å². The molecule has 6 heterocycles. The third-order valence-corrected chi connectivity index (χ3v) is 15.5. The number of carbonyl (C=O) groups excluding carboxylic acids is 3. The van der Waals surface area contributed by atoms with Crippen molar-refractivity contribution >= 4 is 23.5 Å². The molecule has 0 bridgehead atoms. The summed E-state index contributed by atoms with van der Waals surface area (Å²) in [4.78, 5) is 49.6. The molecule has 10 nitrogen and oxygen atoms in total. The van der Waals surface area contributed by atoms with Crippen molar-refractivity contribution in [1.82, 2.24) is 20.1 Å². The number of hydrogen-bond donors (Lipinski definition) is 2. The van der Waals surface area contributed by atoms with E-state index in [2.05, 4.69) is 75.9 Å². The molecule has 3 aromatic carbocycles. The zero-order chi connectivity index (χ0) is 39.9. The van der Waals surface area contributed by atoms with Gasteiger partial charge in [-0.25, -0.2) is 4.98 Å². The van der Waals surface area contributed by atoms with Crippen LogP contribution in [0.4, 0.5) is 5.82 Å². The predicted octanol–water partition coefficient (Wildman–Crippen LogP) is 6.83. The number of aryl methyl sites for hydroxylation is 1. The van der Waals surface area contributed by atoms with E-state index in [9.17, 15) is 19.5 Å². The molecule has 59 heavy (non-hydrogen) atoms. The Labute approximate surface area is 345 Å². The van der Waals surface area contributed by atoms with Crippen LogP contribution in [0.25, 0.3) is 0 Å². The minimum atomic E-state index is -0.605. The van der Waals surface area contributed by atoms with Crippen LogP contribution in [-0.4, -0.2) is 83.0 Å². The summed E-state index contributed by atoms with van der Waals surface area (Å²) in [6.45, 7) is 6.53. The number of phenols is 1. The Hall–Kier alpha value is -5.22. The highest BCUT2D eigenvalue weighted by atomic mass is 16.5. The number of nitrogens with zero attached hydrogens (tertiary/aromatic N) is 4. The third-order valence-electron chi connectivity index (χ3n) is 15.5. The van der Waals surface area contributed by atoms with Crippen molar-refractivity contribution < 1.29 is 24.2 Å². The largest absolute Gasteiger partial charge is 0.508 e. The molecule has 3 unspecified atom stereocenters. The number of piperidine rings is 2. The van der Waals surface area contributed by atoms with E-state index < -0.39 is 6.04 Å². The van der Waals surface area contributed by atoms with E-state index in [1.807, 2.05) is 18.2 Å². The minimum absolute atomic E-state index is 0.0291. The summed E-state index contributed by atoms with van der Waals surface area (Å²) in [5, 5.41) is 12.6. The smallest absolute Gasteiger partial charge is 0.255 e. The Morgan fingerprint density at radius 1 is 0.831 bits per heavy atom. The van der Waals surface area contributed by atoms with Gasteiger partial charge in [-0.05, 0) is 141 Å². The van der Waals surface area contributed by atoms with Gasteiger partial charge in [0.15, 0.2) is 0 Å². The number of carbonyl (C=O) groups is 3. The van der Waals surface area contributed by atoms with Crippen LogP contribution in [0.2, 0.25) is 0 Å². The summed E-state index contributed by atoms with van der Waals surface area (Å²) in [6.07, 6.45) is 12.0. The van der Waals surface area contributed by atoms with Gasteiger partial charge >= 0.3 is 0 Å². The van der Waals surface area contributed by atoms with Gasteiger partial charge in [0.25, 0.3) is 5.91 Å². The molecule has 5 aliphatic heterocycles. The average molecular weight is 792 g/mol. The highest BCUT2D eigenvalue weighted by molar-refractivity contribution is 6.05. The number of aromatic nitrogens is 1. The first-order chi connectivity index (χ1) is 28.7. The second-order valence-corrected chi connectivity index (χ2v) is 18.9. The Balaban J connectivity index is 0.684. The summed E-state index contributed by atoms with van der Waals surface area (Å²) in [7, 11) is 0. The number of amides is 3. The average Bonchev–Trinajstić information content (AvgIpc) is 3.75. The number of phenolic OH excluding ortho intramolecular Hbond substituents is 1. The fourth-order valence-electron chi connectivity index (χ4n) is 12.1. The monoisotopic (exact) mass is 791 g/mol. The number of nitrogens with one attached hydrogen (secondary N) is 1. The van der Waals surface area contributed by atoms with Crippen LogP contribution in [-0.2, 0) is 28.0 Å². The summed E-state index contributed by atoms with van der Waals surface area (Å²) >= 11 is 0. The Morgan fingerprint density at radius 3 is 2.41 bits per heavy atom. The lowest BCUT2D eigenvalue weighted by molar-refractivity contribution is -0.136. The standard InChI is InChI=1S/C49H53N5O5/c55-36-8-10-38-33(22-36)6-9-37(32-4-2-1-3-5-32)45(38)34-7-12-43(50-25-34)53-28-48(29-53)16-14-31(15-17-48)26-52-20-18-49(19-21-52)30-59-42-24-39-35(23-40(42)49)27-54(47(39)58)41-11-13-44(56)51-46(41)57/h1-5,7-8,10,12,22-25,31,37,41,45,55H,6,9,11,13-21,26-30H2,(H,51,56,57). The van der Waals surface area contributed by atoms with Crippen molar-refractivity contribution in [3.05, 3.63) is 118 Å². The number of aromatic hydroxyl groups is 1. The molecule has 3 atom stereocenters. The van der Waals surface area contributed by atoms with Gasteiger partial charge in [0.1, 0.15) is 23.4 Å². The second kappa shape index (κ2) is 14.2. The quantitative estimate of drug-likeness (QED) is 0.204. The molecule has 4 aromatic rings. The molecule has 3 saturated heterocycles. The van der Waals surface area contributed by atoms with Crippen molar-refractivity contribution in [3.63, 3.8) is 0 Å². The zero-order valence-electron chi connectivity index (χ0n) is 33.7. The van der Waals surface area contributed by atoms with Gasteiger partial charge in [0, 0.05) is 66.7 Å². The Kier molecular flexibility index (Phi) is 8.87. The lowest BCUT2D eigenvalue weighted by Crippen LogP contribution is -2.58. The van der Waals surface area contributed by atoms with Crippen molar-refractivity contribution in [2.75, 3.05) is 44.2 Å². The summed E-state index contributed by atoms with van der Waals surface area (Å²) in [5.74, 6) is 2.78.